The van der Waals surface area contributed by atoms with E-state index in [-0.39, 0.29) is 21.7 Å². The fourth-order valence-corrected chi connectivity index (χ4v) is 4.28. The average molecular weight is 480 g/mol. The zero-order valence-electron chi connectivity index (χ0n) is 18.4. The van der Waals surface area contributed by atoms with Crippen LogP contribution >= 0.6 is 11.3 Å². The third-order valence-corrected chi connectivity index (χ3v) is 6.21. The number of hydrazine groups is 1. The lowest BCUT2D eigenvalue weighted by molar-refractivity contribution is 0.0845. The number of benzene rings is 2. The van der Waals surface area contributed by atoms with E-state index >= 15 is 0 Å². The molecule has 0 unspecified atom stereocenters. The molecule has 10 heteroatoms. The van der Waals surface area contributed by atoms with Crippen molar-refractivity contribution in [3.05, 3.63) is 81.5 Å². The number of unbranched alkanes of at least 4 members (excludes halogenated alkanes) is 2. The number of rotatable bonds is 7. The van der Waals surface area contributed by atoms with E-state index in [1.54, 1.807) is 42.5 Å². The van der Waals surface area contributed by atoms with E-state index in [4.69, 9.17) is 0 Å². The van der Waals surface area contributed by atoms with E-state index in [1.807, 2.05) is 0 Å². The number of hydrogen-bond acceptors (Lipinski definition) is 6. The van der Waals surface area contributed by atoms with Gasteiger partial charge in [0.05, 0.1) is 11.6 Å². The van der Waals surface area contributed by atoms with Crippen molar-refractivity contribution in [3.8, 4) is 10.6 Å². The van der Waals surface area contributed by atoms with Crippen molar-refractivity contribution < 1.29 is 14.0 Å². The summed E-state index contributed by atoms with van der Waals surface area (Å²) in [7, 11) is 0. The minimum Gasteiger partial charge on any atom is -0.267 e. The van der Waals surface area contributed by atoms with Crippen LogP contribution in [0.3, 0.4) is 0 Å². The van der Waals surface area contributed by atoms with Gasteiger partial charge in [0.1, 0.15) is 15.7 Å². The second-order valence-electron chi connectivity index (χ2n) is 7.55. The molecular weight excluding hydrogens is 457 g/mol. The zero-order valence-corrected chi connectivity index (χ0v) is 19.2. The van der Waals surface area contributed by atoms with Gasteiger partial charge >= 0.3 is 0 Å². The van der Waals surface area contributed by atoms with Crippen LogP contribution in [-0.2, 0) is 6.54 Å². The summed E-state index contributed by atoms with van der Waals surface area (Å²) >= 11 is 0.998. The van der Waals surface area contributed by atoms with Crippen molar-refractivity contribution in [1.82, 2.24) is 25.6 Å². The first-order valence-corrected chi connectivity index (χ1v) is 11.6. The summed E-state index contributed by atoms with van der Waals surface area (Å²) in [4.78, 5) is 42.5. The highest BCUT2D eigenvalue weighted by Crippen LogP contribution is 2.27. The van der Waals surface area contributed by atoms with Gasteiger partial charge < -0.3 is 0 Å². The summed E-state index contributed by atoms with van der Waals surface area (Å²) in [6.45, 7) is 2.45. The molecule has 4 aromatic rings. The lowest BCUT2D eigenvalue weighted by atomic mass is 10.1. The van der Waals surface area contributed by atoms with E-state index in [0.29, 0.717) is 22.3 Å². The highest BCUT2D eigenvalue weighted by molar-refractivity contribution is 7.16. The van der Waals surface area contributed by atoms with Crippen molar-refractivity contribution in [1.29, 1.82) is 0 Å². The van der Waals surface area contributed by atoms with Gasteiger partial charge in [-0.05, 0) is 24.6 Å². The Labute approximate surface area is 198 Å². The van der Waals surface area contributed by atoms with Gasteiger partial charge in [0.2, 0.25) is 0 Å². The second kappa shape index (κ2) is 10.3. The monoisotopic (exact) mass is 479 g/mol. The molecule has 8 nitrogen and oxygen atoms in total. The van der Waals surface area contributed by atoms with Crippen molar-refractivity contribution in [2.24, 2.45) is 0 Å². The number of hydrogen-bond donors (Lipinski definition) is 2. The largest absolute Gasteiger partial charge is 0.290 e. The SMILES string of the molecule is CCCCCn1nc(C(=O)NNC(=O)c2cnc(-c3ccccc3F)s2)c2ccccc2c1=O. The Kier molecular flexibility index (Phi) is 7.07. The summed E-state index contributed by atoms with van der Waals surface area (Å²) in [6.07, 6.45) is 3.99. The van der Waals surface area contributed by atoms with Crippen LogP contribution in [0.2, 0.25) is 0 Å². The molecule has 0 radical (unpaired) electrons. The van der Waals surface area contributed by atoms with Crippen LogP contribution in [0.15, 0.2) is 59.5 Å². The summed E-state index contributed by atoms with van der Waals surface area (Å²) in [5.41, 5.74) is 4.74. The van der Waals surface area contributed by atoms with Gasteiger partial charge in [-0.25, -0.2) is 14.1 Å². The molecule has 2 N–H and O–H groups in total. The average Bonchev–Trinajstić information content (AvgIpc) is 3.34. The number of thiazole rings is 1. The summed E-state index contributed by atoms with van der Waals surface area (Å²) in [6, 6.07) is 12.9. The zero-order chi connectivity index (χ0) is 24.1. The fraction of sp³-hybridized carbons (Fsp3) is 0.208. The van der Waals surface area contributed by atoms with Crippen molar-refractivity contribution in [2.45, 2.75) is 32.7 Å². The van der Waals surface area contributed by atoms with Gasteiger partial charge in [-0.2, -0.15) is 5.10 Å². The molecule has 0 saturated heterocycles. The van der Waals surface area contributed by atoms with Crippen LogP contribution < -0.4 is 16.4 Å². The van der Waals surface area contributed by atoms with Gasteiger partial charge in [-0.15, -0.1) is 11.3 Å². The summed E-state index contributed by atoms with van der Waals surface area (Å²) in [5.74, 6) is -1.70. The normalized spacial score (nSPS) is 10.9. The number of nitrogens with one attached hydrogen (secondary N) is 2. The van der Waals surface area contributed by atoms with E-state index in [0.717, 1.165) is 30.6 Å². The molecule has 0 fully saturated rings. The first-order valence-electron chi connectivity index (χ1n) is 10.8. The fourth-order valence-electron chi connectivity index (χ4n) is 3.44. The van der Waals surface area contributed by atoms with Crippen LogP contribution in [-0.4, -0.2) is 26.6 Å². The molecule has 0 aliphatic rings. The molecule has 4 rings (SSSR count). The van der Waals surface area contributed by atoms with E-state index in [9.17, 15) is 18.8 Å². The molecule has 0 aliphatic carbocycles. The molecule has 2 heterocycles. The maximum atomic E-state index is 14.0. The lowest BCUT2D eigenvalue weighted by Gasteiger charge is -2.11. The molecule has 2 aromatic heterocycles. The van der Waals surface area contributed by atoms with Crippen LogP contribution in [0.1, 0.15) is 46.3 Å². The number of carbonyl (C=O) groups is 2. The first kappa shape index (κ1) is 23.2. The molecule has 174 valence electrons. The number of aryl methyl sites for hydroxylation is 1. The highest BCUT2D eigenvalue weighted by Gasteiger charge is 2.19. The topological polar surface area (TPSA) is 106 Å². The Morgan fingerprint density at radius 2 is 1.71 bits per heavy atom. The van der Waals surface area contributed by atoms with Gasteiger partial charge in [0, 0.05) is 17.5 Å². The summed E-state index contributed by atoms with van der Waals surface area (Å²) in [5, 5.41) is 5.39. The van der Waals surface area contributed by atoms with Gasteiger partial charge in [-0.3, -0.25) is 25.2 Å². The molecule has 2 aromatic carbocycles. The number of amides is 2. The Balaban J connectivity index is 1.52. The number of fused-ring (bicyclic) bond motifs is 1. The Morgan fingerprint density at radius 1 is 1.00 bits per heavy atom. The van der Waals surface area contributed by atoms with Crippen LogP contribution in [0.25, 0.3) is 21.3 Å². The summed E-state index contributed by atoms with van der Waals surface area (Å²) < 4.78 is 15.3. The number of aromatic nitrogens is 3. The van der Waals surface area contributed by atoms with E-state index in [2.05, 4.69) is 27.9 Å². The molecule has 0 atom stereocenters. The van der Waals surface area contributed by atoms with Crippen molar-refractivity contribution in [2.75, 3.05) is 0 Å². The molecule has 2 amide bonds. The van der Waals surface area contributed by atoms with E-state index in [1.165, 1.54) is 16.9 Å². The molecular formula is C24H22FN5O3S. The maximum Gasteiger partial charge on any atom is 0.290 e. The number of carbonyl (C=O) groups excluding carboxylic acids is 2. The molecule has 0 saturated carbocycles. The number of halogens is 1. The van der Waals surface area contributed by atoms with E-state index < -0.39 is 17.6 Å². The molecule has 0 aliphatic heterocycles. The van der Waals surface area contributed by atoms with Gasteiger partial charge in [-0.1, -0.05) is 50.1 Å². The van der Waals surface area contributed by atoms with Crippen molar-refractivity contribution >= 4 is 33.9 Å². The quantitative estimate of drug-likeness (QED) is 0.309. The smallest absolute Gasteiger partial charge is 0.267 e. The minimum atomic E-state index is -0.660. The first-order chi connectivity index (χ1) is 16.5. The Morgan fingerprint density at radius 3 is 2.47 bits per heavy atom. The van der Waals surface area contributed by atoms with Crippen LogP contribution in [0, 0.1) is 5.82 Å². The minimum absolute atomic E-state index is 0.0309. The third-order valence-electron chi connectivity index (χ3n) is 5.18. The highest BCUT2D eigenvalue weighted by atomic mass is 32.1. The van der Waals surface area contributed by atoms with Crippen LogP contribution in [0.4, 0.5) is 4.39 Å². The number of nitrogens with zero attached hydrogens (tertiary/aromatic N) is 3. The molecule has 34 heavy (non-hydrogen) atoms. The van der Waals surface area contributed by atoms with Crippen molar-refractivity contribution in [3.63, 3.8) is 0 Å². The van der Waals surface area contributed by atoms with Gasteiger partial charge in [0.15, 0.2) is 5.69 Å². The lowest BCUT2D eigenvalue weighted by Crippen LogP contribution is -2.42. The van der Waals surface area contributed by atoms with Gasteiger partial charge in [0.25, 0.3) is 17.4 Å². The molecule has 0 bridgehead atoms. The standard InChI is InChI=1S/C24H22FN5O3S/c1-2-3-8-13-30-24(33)16-10-5-4-9-15(16)20(29-30)22(32)28-27-21(31)19-14-26-23(34-19)17-11-6-7-12-18(17)25/h4-7,9-12,14H,2-3,8,13H2,1H3,(H,27,31)(H,28,32). The van der Waals surface area contributed by atoms with Crippen LogP contribution in [0.5, 0.6) is 0 Å². The Hall–Kier alpha value is -3.92. The Bertz CT molecular complexity index is 1420. The predicted molar refractivity (Wildman–Crippen MR) is 128 cm³/mol. The predicted octanol–water partition coefficient (Wildman–Crippen LogP) is 3.92. The third kappa shape index (κ3) is 4.86. The second-order valence-corrected chi connectivity index (χ2v) is 8.58. The maximum absolute atomic E-state index is 14.0. The molecule has 0 spiro atoms.